The topological polar surface area (TPSA) is 579 Å². The smallest absolute Gasteiger partial charge is 0.364 e. The Balaban J connectivity index is 0.548. The molecule has 5 aromatic rings. The van der Waals surface area contributed by atoms with Crippen LogP contribution < -0.4 is 37.3 Å². The van der Waals surface area contributed by atoms with Gasteiger partial charge in [-0.05, 0) is 125 Å². The van der Waals surface area contributed by atoms with Gasteiger partial charge in [0, 0.05) is 151 Å². The molecular weight excluding hydrogens is 1690 g/mol. The van der Waals surface area contributed by atoms with Crippen LogP contribution in [-0.4, -0.2) is 267 Å². The van der Waals surface area contributed by atoms with Crippen molar-refractivity contribution < 1.29 is 142 Å². The number of aromatic carboxylic acids is 2. The van der Waals surface area contributed by atoms with Crippen molar-refractivity contribution in [2.24, 2.45) is 0 Å². The van der Waals surface area contributed by atoms with Crippen LogP contribution in [0.3, 0.4) is 0 Å². The van der Waals surface area contributed by atoms with E-state index in [1.165, 1.54) is 102 Å². The molecule has 4 aliphatic heterocycles. The highest BCUT2D eigenvalue weighted by molar-refractivity contribution is 7.99. The van der Waals surface area contributed by atoms with Gasteiger partial charge in [-0.25, -0.2) is 19.2 Å². The van der Waals surface area contributed by atoms with Gasteiger partial charge in [-0.15, -0.1) is 0 Å². The quantitative estimate of drug-likeness (QED) is 0.0192. The first-order valence-corrected chi connectivity index (χ1v) is 42.1. The maximum absolute atomic E-state index is 13.6. The number of aliphatic carboxylic acids is 2. The van der Waals surface area contributed by atoms with Crippen LogP contribution in [0, 0.1) is 0 Å². The molecule has 38 heteroatoms. The lowest BCUT2D eigenvalue weighted by molar-refractivity contribution is -0.310. The Kier molecular flexibility index (Phi) is 29.9. The summed E-state index contributed by atoms with van der Waals surface area (Å²) in [6, 6.07) is 26.1. The molecule has 5 aromatic carbocycles. The zero-order valence-electron chi connectivity index (χ0n) is 67.4. The molecule has 18 N–H and O–H groups in total. The number of carboxylic acid groups (broad SMARTS) is 4. The molecule has 4 heterocycles. The summed E-state index contributed by atoms with van der Waals surface area (Å²) in [5, 5.41) is 146. The van der Waals surface area contributed by atoms with Crippen LogP contribution in [0.2, 0.25) is 0 Å². The highest BCUT2D eigenvalue weighted by Crippen LogP contribution is 2.46. The largest absolute Gasteiger partial charge is 0.508 e. The molecule has 7 aliphatic rings. The van der Waals surface area contributed by atoms with Crippen molar-refractivity contribution in [3.05, 3.63) is 224 Å². The lowest BCUT2D eigenvalue weighted by Gasteiger charge is -2.46. The van der Waals surface area contributed by atoms with E-state index in [1.807, 2.05) is 0 Å². The number of aliphatic hydroxyl groups excluding tert-OH is 7. The number of phenolic OH excluding ortho intramolecular Hbond substituents is 1. The summed E-state index contributed by atoms with van der Waals surface area (Å²) in [5.74, 6) is -14.2. The Morgan fingerprint density at radius 1 is 0.548 bits per heavy atom. The van der Waals surface area contributed by atoms with Crippen LogP contribution in [0.1, 0.15) is 114 Å². The summed E-state index contributed by atoms with van der Waals surface area (Å²) in [6.45, 7) is 0.662. The normalized spacial score (nSPS) is 21.8. The Morgan fingerprint density at radius 2 is 1.02 bits per heavy atom. The van der Waals surface area contributed by atoms with Crippen molar-refractivity contribution in [1.29, 1.82) is 0 Å². The number of aliphatic hydroxyl groups is 7. The third-order valence-corrected chi connectivity index (χ3v) is 23.5. The second kappa shape index (κ2) is 40.7. The van der Waals surface area contributed by atoms with E-state index >= 15 is 0 Å². The summed E-state index contributed by atoms with van der Waals surface area (Å²) in [7, 11) is 0. The number of rotatable bonds is 37. The van der Waals surface area contributed by atoms with Gasteiger partial charge in [0.25, 0.3) is 35.2 Å². The van der Waals surface area contributed by atoms with E-state index in [2.05, 4.69) is 31.9 Å². The number of ether oxygens (including phenoxy) is 5. The van der Waals surface area contributed by atoms with Gasteiger partial charge in [-0.3, -0.25) is 38.4 Å². The predicted molar refractivity (Wildman–Crippen MR) is 452 cm³/mol. The van der Waals surface area contributed by atoms with Crippen molar-refractivity contribution in [3.8, 4) is 39.3 Å². The molecule has 126 heavy (non-hydrogen) atoms. The molecule has 664 valence electrons. The molecule has 2 fully saturated rings. The maximum atomic E-state index is 13.6. The maximum Gasteiger partial charge on any atom is 0.364 e. The number of hydrogen-bond acceptors (Lipinski definition) is 28. The number of benzene rings is 6. The number of aromatic hydroxyl groups is 1. The Bertz CT molecular complexity index is 5580. The van der Waals surface area contributed by atoms with Crippen molar-refractivity contribution >= 4 is 105 Å². The molecule has 13 atom stereocenters. The third-order valence-electron chi connectivity index (χ3n) is 21.3. The van der Waals surface area contributed by atoms with E-state index < -0.39 is 157 Å². The zero-order chi connectivity index (χ0) is 90.6. The molecular formula is C88H90N6O30S2. The minimum atomic E-state index is -2.61. The van der Waals surface area contributed by atoms with Crippen LogP contribution in [-0.2, 0) is 47.7 Å². The summed E-state index contributed by atoms with van der Waals surface area (Å²) >= 11 is 2.79. The Hall–Kier alpha value is -12.4. The third kappa shape index (κ3) is 21.5. The van der Waals surface area contributed by atoms with E-state index in [0.29, 0.717) is 67.4 Å². The van der Waals surface area contributed by atoms with Crippen molar-refractivity contribution in [3.63, 3.8) is 0 Å². The minimum absolute atomic E-state index is 0.00128. The molecule has 0 saturated carbocycles. The fourth-order valence-electron chi connectivity index (χ4n) is 15.2. The predicted octanol–water partition coefficient (Wildman–Crippen LogP) is 4.19. The number of thioether (sulfide) groups is 2. The van der Waals surface area contributed by atoms with Crippen LogP contribution in [0.25, 0.3) is 50.1 Å². The second-order valence-corrected chi connectivity index (χ2v) is 32.6. The van der Waals surface area contributed by atoms with Crippen LogP contribution in [0.5, 0.6) is 5.75 Å². The number of carbonyl (C=O) groups excluding carboxylic acids is 7. The SMILES string of the molecule is CC(=O)N[C@H]1[C@H]([C@H](O)[C@H](O)CNC(=O)c2ccc(C3=C4C=CC(O)=CC4OC4=CC(=O)CC=C43)c(C(=O)O)c2)O[C@@](OCCCSCCNC(=O)c2ccc(-c3ccc(C(=O)NCCSCCCO[C@]4(C(=O)O)C[C@H](O)[C@@H](NC(C)=O)[C@H]([C@H](O)[C@H](O)CNC(=O)c5ccc(-c6c7ccc(=O)cc-7oc7cc(O)ccc67)c(C(=O)O)c5)O4)cc3)cc2)(C(=O)O)C[C@@H]1O. The van der Waals surface area contributed by atoms with Crippen LogP contribution in [0.15, 0.2) is 184 Å². The Morgan fingerprint density at radius 3 is 1.52 bits per heavy atom. The first kappa shape index (κ1) is 92.7. The number of carbonyl (C=O) groups is 11. The first-order chi connectivity index (χ1) is 60.1. The lowest BCUT2D eigenvalue weighted by atomic mass is 9.81. The number of phenols is 1. The number of fused-ring (bicyclic) bond motifs is 4. The summed E-state index contributed by atoms with van der Waals surface area (Å²) in [6.07, 6.45) is -9.97. The molecule has 0 spiro atoms. The van der Waals surface area contributed by atoms with Gasteiger partial charge in [-0.1, -0.05) is 48.6 Å². The molecule has 0 radical (unpaired) electrons. The number of allylic oxidation sites excluding steroid dienone is 4. The van der Waals surface area contributed by atoms with Crippen LogP contribution in [0.4, 0.5) is 0 Å². The fourth-order valence-corrected chi connectivity index (χ4v) is 16.7. The van der Waals surface area contributed by atoms with Crippen molar-refractivity contribution in [1.82, 2.24) is 31.9 Å². The van der Waals surface area contributed by atoms with Crippen molar-refractivity contribution in [2.45, 2.75) is 125 Å². The average Bonchev–Trinajstić information content (AvgIpc) is 0.784. The number of amides is 6. The molecule has 36 nitrogen and oxygen atoms in total. The van der Waals surface area contributed by atoms with Crippen LogP contribution >= 0.6 is 23.5 Å². The minimum Gasteiger partial charge on any atom is -0.508 e. The van der Waals surface area contributed by atoms with Gasteiger partial charge in [0.15, 0.2) is 11.2 Å². The molecule has 2 saturated heterocycles. The lowest BCUT2D eigenvalue weighted by Crippen LogP contribution is -2.68. The monoisotopic (exact) mass is 1770 g/mol. The molecule has 12 rings (SSSR count). The van der Waals surface area contributed by atoms with Gasteiger partial charge in [0.05, 0.1) is 60.8 Å². The van der Waals surface area contributed by atoms with E-state index in [4.69, 9.17) is 28.1 Å². The number of carboxylic acids is 4. The van der Waals surface area contributed by atoms with Gasteiger partial charge in [-0.2, -0.15) is 23.5 Å². The van der Waals surface area contributed by atoms with Gasteiger partial charge in [0.1, 0.15) is 59.1 Å². The van der Waals surface area contributed by atoms with Gasteiger partial charge < -0.3 is 121 Å². The molecule has 0 bridgehead atoms. The summed E-state index contributed by atoms with van der Waals surface area (Å²) in [5.41, 5.74) is 3.05. The molecule has 0 aromatic heterocycles. The molecule has 3 aliphatic carbocycles. The first-order valence-electron chi connectivity index (χ1n) is 39.8. The zero-order valence-corrected chi connectivity index (χ0v) is 69.1. The van der Waals surface area contributed by atoms with E-state index in [0.717, 1.165) is 37.1 Å². The molecule has 6 amide bonds. The fraction of sp³-hybridized carbons (Fsp3) is 0.341. The highest BCUT2D eigenvalue weighted by atomic mass is 32.2. The summed E-state index contributed by atoms with van der Waals surface area (Å²) < 4.78 is 35.2. The second-order valence-electron chi connectivity index (χ2n) is 30.1. The number of ketones is 1. The number of nitrogens with one attached hydrogen (secondary N) is 6. The summed E-state index contributed by atoms with van der Waals surface area (Å²) in [4.78, 5) is 154. The molecule has 1 unspecified atom stereocenters. The Labute approximate surface area is 725 Å². The van der Waals surface area contributed by atoms with E-state index in [9.17, 15) is 119 Å². The number of hydrogen-bond donors (Lipinski definition) is 18. The van der Waals surface area contributed by atoms with Gasteiger partial charge >= 0.3 is 23.9 Å². The van der Waals surface area contributed by atoms with Gasteiger partial charge in [0.2, 0.25) is 11.8 Å². The van der Waals surface area contributed by atoms with E-state index in [-0.39, 0.29) is 125 Å². The highest BCUT2D eigenvalue weighted by Gasteiger charge is 2.58. The van der Waals surface area contributed by atoms with E-state index in [1.54, 1.807) is 60.7 Å². The van der Waals surface area contributed by atoms with Crippen molar-refractivity contribution in [2.75, 3.05) is 62.4 Å². The average molecular weight is 1780 g/mol. The standard InChI is InChI=1S/C88H90N6O30S2/c1-43(95)93-73-63(101)39-87(85(115)116,123-77(73)75(105)65(103)41-91-81(109)49-13-19-55(61(33-49)83(111)112)71-57-21-15-51(97)35-67(57)121-68-36-52(98)16-22-58(68)71)119-27-3-29-125-31-25-89-79(107)47-9-5-45(6-10-47)46-7-11-48(12-8-46)80(108)90-26-32-126-30-4-28-120-88(86(117)118)40-64(102)74(94-44(2)96)78(124-88)76(106)66(104)42-92-82(110)50-14-20-56(62(34-50)84(113)114)72-59-23-17-53(99)37-69(59)122-70-38-54(100)18-24-60(70)72/h5-17,19-24,33-38,63-66,69,73-78,97,99,101-106H,3-4,18,25-32,39-42H2,1-2H3,(H,89,107)(H,90,108)(H,91,109)(H,92,110)(H,93,95)(H,94,96)(H,111,112)(H,113,114)(H,115,116)(H,117,118)/t63-,64-,65+,66+,69?,73+,74+,75+,76+,77+,78+,87+,88+/m0/s1.